The number of rotatable bonds is 6. The fraction of sp³-hybridized carbons (Fsp3) is 0.393. The number of ether oxygens (including phenoxy) is 1. The molecule has 208 valence electrons. The number of morpholine rings is 1. The number of thiophene rings is 1. The van der Waals surface area contributed by atoms with Crippen LogP contribution in [-0.2, 0) is 11.3 Å². The first-order valence-electron chi connectivity index (χ1n) is 13.7. The number of carbonyl (C=O) groups excluding carboxylic acids is 1. The molecule has 0 radical (unpaired) electrons. The van der Waals surface area contributed by atoms with Crippen molar-refractivity contribution < 1.29 is 24.1 Å². The van der Waals surface area contributed by atoms with Crippen LogP contribution in [0.1, 0.15) is 41.6 Å². The predicted molar refractivity (Wildman–Crippen MR) is 152 cm³/mol. The number of pyridine rings is 1. The van der Waals surface area contributed by atoms with Crippen LogP contribution in [-0.4, -0.2) is 49.3 Å². The summed E-state index contributed by atoms with van der Waals surface area (Å²) in [6.45, 7) is 2.96. The van der Waals surface area contributed by atoms with E-state index in [1.165, 1.54) is 30.2 Å². The van der Waals surface area contributed by atoms with Gasteiger partial charge in [-0.1, -0.05) is 6.42 Å². The highest BCUT2D eigenvalue weighted by molar-refractivity contribution is 7.19. The van der Waals surface area contributed by atoms with Crippen molar-refractivity contribution in [1.82, 2.24) is 10.3 Å². The van der Waals surface area contributed by atoms with Gasteiger partial charge >= 0.3 is 0 Å². The molecule has 11 nitrogen and oxygen atoms in total. The summed E-state index contributed by atoms with van der Waals surface area (Å²) in [6.07, 6.45) is 6.10. The molecule has 6 N–H and O–H groups in total. The number of quaternary nitrogens is 1. The van der Waals surface area contributed by atoms with Gasteiger partial charge in [0.05, 0.1) is 41.4 Å². The van der Waals surface area contributed by atoms with E-state index in [1.807, 2.05) is 23.1 Å². The van der Waals surface area contributed by atoms with Crippen LogP contribution >= 0.6 is 11.3 Å². The smallest absolute Gasteiger partial charge is 0.255 e. The molecular formula is C28H31N6O5S+. The van der Waals surface area contributed by atoms with Gasteiger partial charge in [-0.3, -0.25) is 9.59 Å². The molecule has 4 aromatic heterocycles. The first-order chi connectivity index (χ1) is 19.5. The molecule has 1 amide bonds. The zero-order valence-electron chi connectivity index (χ0n) is 22.0. The number of hydrogen-bond donors (Lipinski definition) is 4. The second kappa shape index (κ2) is 10.3. The summed E-state index contributed by atoms with van der Waals surface area (Å²) in [4.78, 5) is 33.2. The Bertz CT molecular complexity index is 1640. The third kappa shape index (κ3) is 4.61. The van der Waals surface area contributed by atoms with Gasteiger partial charge in [-0.2, -0.15) is 0 Å². The molecule has 1 saturated heterocycles. The summed E-state index contributed by atoms with van der Waals surface area (Å²) in [5.41, 5.74) is 6.88. The molecule has 0 unspecified atom stereocenters. The predicted octanol–water partition coefficient (Wildman–Crippen LogP) is 3.30. The SMILES string of the molecule is [NH3+][C@@H]1CCCC[C@@H]1Nc1cc2c(c(Nc3ccc(-c4coc5c(=O)cc(N6CCOCC6)oc45)s3)n1)C(=O)NC2. The lowest BCUT2D eigenvalue weighted by molar-refractivity contribution is -0.427. The third-order valence-corrected chi connectivity index (χ3v) is 8.91. The van der Waals surface area contributed by atoms with Crippen molar-refractivity contribution in [3.63, 3.8) is 0 Å². The summed E-state index contributed by atoms with van der Waals surface area (Å²) in [5.74, 6) is 1.63. The van der Waals surface area contributed by atoms with Gasteiger partial charge in [-0.05, 0) is 36.6 Å². The standard InChI is InChI=1S/C28H30N6O5S/c29-17-3-1-2-4-18(17)31-21-11-15-13-30-28(36)24(15)27(32-21)33-22-6-5-20(40-22)16-14-38-26-19(35)12-23(39-25(16)26)34-7-9-37-10-8-34/h5-6,11-12,14,17-18H,1-4,7-10,13,29H2,(H,30,36)(H2,31,32,33)/p+1/t17-,18+/m1/s1. The van der Waals surface area contributed by atoms with Crippen molar-refractivity contribution in [2.75, 3.05) is 41.8 Å². The lowest BCUT2D eigenvalue weighted by Gasteiger charge is -2.27. The highest BCUT2D eigenvalue weighted by Gasteiger charge is 2.29. The number of nitrogens with zero attached hydrogens (tertiary/aromatic N) is 2. The molecule has 7 rings (SSSR count). The highest BCUT2D eigenvalue weighted by atomic mass is 32.1. The largest absolute Gasteiger partial charge is 0.456 e. The van der Waals surface area contributed by atoms with Crippen molar-refractivity contribution in [2.45, 2.75) is 44.3 Å². The molecular weight excluding hydrogens is 532 g/mol. The maximum Gasteiger partial charge on any atom is 0.255 e. The van der Waals surface area contributed by atoms with E-state index in [2.05, 4.69) is 21.7 Å². The summed E-state index contributed by atoms with van der Waals surface area (Å²) in [6, 6.07) is 7.90. The van der Waals surface area contributed by atoms with Crippen LogP contribution in [0.25, 0.3) is 21.6 Å². The second-order valence-corrected chi connectivity index (χ2v) is 11.6. The van der Waals surface area contributed by atoms with E-state index in [1.54, 1.807) is 6.26 Å². The maximum absolute atomic E-state index is 12.8. The maximum atomic E-state index is 12.8. The van der Waals surface area contributed by atoms with Crippen molar-refractivity contribution in [2.24, 2.45) is 0 Å². The van der Waals surface area contributed by atoms with Crippen LogP contribution in [0, 0.1) is 0 Å². The van der Waals surface area contributed by atoms with E-state index in [9.17, 15) is 9.59 Å². The number of amides is 1. The van der Waals surface area contributed by atoms with Gasteiger partial charge in [0.1, 0.15) is 23.9 Å². The summed E-state index contributed by atoms with van der Waals surface area (Å²) < 4.78 is 17.3. The summed E-state index contributed by atoms with van der Waals surface area (Å²) in [7, 11) is 0. The first-order valence-corrected chi connectivity index (χ1v) is 14.5. The number of fused-ring (bicyclic) bond motifs is 2. The molecule has 2 fully saturated rings. The van der Waals surface area contributed by atoms with E-state index in [0.29, 0.717) is 67.3 Å². The van der Waals surface area contributed by atoms with Gasteiger partial charge in [0.25, 0.3) is 5.91 Å². The van der Waals surface area contributed by atoms with Crippen molar-refractivity contribution in [1.29, 1.82) is 0 Å². The average Bonchev–Trinajstić information content (AvgIpc) is 3.69. The van der Waals surface area contributed by atoms with Gasteiger partial charge < -0.3 is 40.2 Å². The fourth-order valence-electron chi connectivity index (χ4n) is 5.71. The van der Waals surface area contributed by atoms with Crippen molar-refractivity contribution in [3.8, 4) is 10.4 Å². The van der Waals surface area contributed by atoms with E-state index in [4.69, 9.17) is 18.6 Å². The molecule has 6 heterocycles. The molecule has 2 aliphatic heterocycles. The number of hydrogen-bond acceptors (Lipinski definition) is 10. The Hall–Kier alpha value is -3.87. The fourth-order valence-corrected chi connectivity index (χ4v) is 6.62. The Labute approximate surface area is 233 Å². The molecule has 0 aromatic carbocycles. The zero-order chi connectivity index (χ0) is 27.2. The van der Waals surface area contributed by atoms with Crippen molar-refractivity contribution in [3.05, 3.63) is 51.9 Å². The van der Waals surface area contributed by atoms with Gasteiger partial charge in [-0.25, -0.2) is 4.98 Å². The van der Waals surface area contributed by atoms with E-state index in [-0.39, 0.29) is 23.0 Å². The molecule has 0 spiro atoms. The lowest BCUT2D eigenvalue weighted by atomic mass is 9.91. The average molecular weight is 564 g/mol. The zero-order valence-corrected chi connectivity index (χ0v) is 22.8. The Kier molecular flexibility index (Phi) is 6.45. The van der Waals surface area contributed by atoms with E-state index in [0.717, 1.165) is 34.1 Å². The van der Waals surface area contributed by atoms with Gasteiger partial charge in [0.15, 0.2) is 11.5 Å². The quantitative estimate of drug-likeness (QED) is 0.277. The lowest BCUT2D eigenvalue weighted by Crippen LogP contribution is -2.68. The normalized spacial score (nSPS) is 20.9. The van der Waals surface area contributed by atoms with E-state index >= 15 is 0 Å². The van der Waals surface area contributed by atoms with Crippen LogP contribution < -0.4 is 32.0 Å². The monoisotopic (exact) mass is 563 g/mol. The van der Waals surface area contributed by atoms with Crippen LogP contribution in [0.4, 0.5) is 22.5 Å². The van der Waals surface area contributed by atoms with Crippen LogP contribution in [0.5, 0.6) is 0 Å². The van der Waals surface area contributed by atoms with Crippen LogP contribution in [0.15, 0.2) is 44.2 Å². The number of anilines is 4. The molecule has 2 atom stereocenters. The number of aromatic nitrogens is 1. The summed E-state index contributed by atoms with van der Waals surface area (Å²) >= 11 is 1.47. The van der Waals surface area contributed by atoms with Gasteiger partial charge in [-0.15, -0.1) is 11.3 Å². The molecule has 12 heteroatoms. The molecule has 0 bridgehead atoms. The minimum absolute atomic E-state index is 0.140. The van der Waals surface area contributed by atoms with Crippen LogP contribution in [0.2, 0.25) is 0 Å². The topological polar surface area (TPSA) is 150 Å². The minimum Gasteiger partial charge on any atom is -0.456 e. The molecule has 4 aromatic rings. The number of carbonyl (C=O) groups is 1. The Morgan fingerprint density at radius 1 is 1.10 bits per heavy atom. The molecule has 1 saturated carbocycles. The Morgan fingerprint density at radius 2 is 1.95 bits per heavy atom. The molecule has 1 aliphatic carbocycles. The summed E-state index contributed by atoms with van der Waals surface area (Å²) in [5, 5.41) is 10.7. The second-order valence-electron chi connectivity index (χ2n) is 10.5. The molecule has 40 heavy (non-hydrogen) atoms. The Balaban J connectivity index is 1.19. The first kappa shape index (κ1) is 25.1. The van der Waals surface area contributed by atoms with E-state index < -0.39 is 0 Å². The highest BCUT2D eigenvalue weighted by Crippen LogP contribution is 2.39. The number of furan rings is 1. The van der Waals surface area contributed by atoms with Crippen LogP contribution in [0.3, 0.4) is 0 Å². The third-order valence-electron chi connectivity index (χ3n) is 7.88. The van der Waals surface area contributed by atoms with Gasteiger partial charge in [0, 0.05) is 30.9 Å². The van der Waals surface area contributed by atoms with Crippen molar-refractivity contribution >= 4 is 50.9 Å². The minimum atomic E-state index is -0.221. The Morgan fingerprint density at radius 3 is 2.80 bits per heavy atom. The number of nitrogens with one attached hydrogen (secondary N) is 3. The molecule has 3 aliphatic rings. The van der Waals surface area contributed by atoms with Gasteiger partial charge in [0.2, 0.25) is 11.0 Å².